The van der Waals surface area contributed by atoms with E-state index in [0.717, 1.165) is 6.42 Å². The number of benzene rings is 1. The smallest absolute Gasteiger partial charge is 0.0294 e. The number of rotatable bonds is 13. The lowest BCUT2D eigenvalue weighted by atomic mass is 10.00. The second-order valence-electron chi connectivity index (χ2n) is 6.34. The molecule has 0 saturated heterocycles. The van der Waals surface area contributed by atoms with Crippen LogP contribution < -0.4 is 5.73 Å². The molecule has 2 heteroatoms. The van der Waals surface area contributed by atoms with Crippen LogP contribution in [0.25, 0.3) is 0 Å². The molecule has 1 aromatic rings. The zero-order valence-corrected chi connectivity index (χ0v) is 16.1. The first kappa shape index (κ1) is 21.7. The quantitative estimate of drug-likeness (QED) is 0.373. The standard InChI is InChI=1S/C20H35N.BrH/c1-2-3-4-5-6-7-8-9-10-11-15-18-20(21)19-16-13-12-14-17-19;/h12-14,16-17,20H,2-11,15,18,21H2,1H3;1H. The molecular weight excluding hydrogens is 334 g/mol. The minimum Gasteiger partial charge on any atom is -0.324 e. The van der Waals surface area contributed by atoms with Crippen molar-refractivity contribution in [3.05, 3.63) is 35.9 Å². The highest BCUT2D eigenvalue weighted by atomic mass is 79.9. The second-order valence-corrected chi connectivity index (χ2v) is 6.34. The van der Waals surface area contributed by atoms with Crippen LogP contribution in [0.1, 0.15) is 95.6 Å². The van der Waals surface area contributed by atoms with Crippen molar-refractivity contribution in [2.45, 2.75) is 90.0 Å². The van der Waals surface area contributed by atoms with Crippen molar-refractivity contribution in [3.8, 4) is 0 Å². The molecule has 22 heavy (non-hydrogen) atoms. The lowest BCUT2D eigenvalue weighted by Crippen LogP contribution is -2.09. The van der Waals surface area contributed by atoms with E-state index in [9.17, 15) is 0 Å². The van der Waals surface area contributed by atoms with Gasteiger partial charge in [0.2, 0.25) is 0 Å². The summed E-state index contributed by atoms with van der Waals surface area (Å²) in [6.45, 7) is 2.28. The molecule has 0 aliphatic heterocycles. The molecule has 0 fully saturated rings. The lowest BCUT2D eigenvalue weighted by molar-refractivity contribution is 0.526. The van der Waals surface area contributed by atoms with Crippen LogP contribution in [0.3, 0.4) is 0 Å². The summed E-state index contributed by atoms with van der Waals surface area (Å²) in [6, 6.07) is 10.7. The van der Waals surface area contributed by atoms with E-state index >= 15 is 0 Å². The molecule has 1 aromatic carbocycles. The zero-order valence-electron chi connectivity index (χ0n) is 14.4. The van der Waals surface area contributed by atoms with E-state index in [4.69, 9.17) is 5.73 Å². The highest BCUT2D eigenvalue weighted by Crippen LogP contribution is 2.18. The van der Waals surface area contributed by atoms with Gasteiger partial charge in [0, 0.05) is 6.04 Å². The number of halogens is 1. The van der Waals surface area contributed by atoms with Crippen LogP contribution in [0, 0.1) is 0 Å². The first-order chi connectivity index (χ1) is 10.3. The third-order valence-electron chi connectivity index (χ3n) is 4.35. The minimum atomic E-state index is 0. The molecule has 1 nitrogen and oxygen atoms in total. The molecule has 1 atom stereocenters. The molecule has 1 unspecified atom stereocenters. The normalized spacial score (nSPS) is 11.9. The molecule has 0 amide bonds. The predicted molar refractivity (Wildman–Crippen MR) is 105 cm³/mol. The molecule has 0 aliphatic carbocycles. The van der Waals surface area contributed by atoms with Crippen LogP contribution in [0.15, 0.2) is 30.3 Å². The minimum absolute atomic E-state index is 0. The Balaban J connectivity index is 0.00000441. The molecule has 0 spiro atoms. The summed E-state index contributed by atoms with van der Waals surface area (Å²) in [5.74, 6) is 0. The maximum Gasteiger partial charge on any atom is 0.0294 e. The van der Waals surface area contributed by atoms with E-state index in [-0.39, 0.29) is 23.0 Å². The summed E-state index contributed by atoms with van der Waals surface area (Å²) < 4.78 is 0. The maximum absolute atomic E-state index is 6.22. The van der Waals surface area contributed by atoms with Gasteiger partial charge in [-0.2, -0.15) is 0 Å². The lowest BCUT2D eigenvalue weighted by Gasteiger charge is -2.11. The van der Waals surface area contributed by atoms with Gasteiger partial charge in [-0.1, -0.05) is 108 Å². The fourth-order valence-corrected chi connectivity index (χ4v) is 2.90. The first-order valence-electron chi connectivity index (χ1n) is 9.15. The Labute approximate surface area is 148 Å². The number of unbranched alkanes of at least 4 members (excludes halogenated alkanes) is 10. The van der Waals surface area contributed by atoms with Gasteiger partial charge in [0.25, 0.3) is 0 Å². The Hall–Kier alpha value is -0.340. The predicted octanol–water partition coefficient (Wildman–Crippen LogP) is 6.97. The highest BCUT2D eigenvalue weighted by Gasteiger charge is 2.04. The van der Waals surface area contributed by atoms with E-state index in [2.05, 4.69) is 37.3 Å². The maximum atomic E-state index is 6.22. The third-order valence-corrected chi connectivity index (χ3v) is 4.35. The van der Waals surface area contributed by atoms with Crippen molar-refractivity contribution >= 4 is 17.0 Å². The number of hydrogen-bond acceptors (Lipinski definition) is 1. The average Bonchev–Trinajstić information content (AvgIpc) is 2.53. The molecule has 0 aromatic heterocycles. The van der Waals surface area contributed by atoms with Gasteiger partial charge in [0.05, 0.1) is 0 Å². The Morgan fingerprint density at radius 2 is 1.18 bits per heavy atom. The van der Waals surface area contributed by atoms with Gasteiger partial charge < -0.3 is 5.73 Å². The van der Waals surface area contributed by atoms with Crippen LogP contribution >= 0.6 is 17.0 Å². The monoisotopic (exact) mass is 369 g/mol. The van der Waals surface area contributed by atoms with Crippen molar-refractivity contribution in [1.82, 2.24) is 0 Å². The summed E-state index contributed by atoms with van der Waals surface area (Å²) >= 11 is 0. The van der Waals surface area contributed by atoms with Gasteiger partial charge in [-0.25, -0.2) is 0 Å². The summed E-state index contributed by atoms with van der Waals surface area (Å²) in [6.07, 6.45) is 16.5. The van der Waals surface area contributed by atoms with E-state index < -0.39 is 0 Å². The third kappa shape index (κ3) is 11.3. The largest absolute Gasteiger partial charge is 0.324 e. The van der Waals surface area contributed by atoms with Crippen LogP contribution in [-0.4, -0.2) is 0 Å². The number of nitrogens with two attached hydrogens (primary N) is 1. The molecule has 2 N–H and O–H groups in total. The fraction of sp³-hybridized carbons (Fsp3) is 0.700. The Kier molecular flexibility index (Phi) is 15.3. The summed E-state index contributed by atoms with van der Waals surface area (Å²) in [7, 11) is 0. The summed E-state index contributed by atoms with van der Waals surface area (Å²) in [4.78, 5) is 0. The van der Waals surface area contributed by atoms with Crippen molar-refractivity contribution in [1.29, 1.82) is 0 Å². The molecule has 0 bridgehead atoms. The van der Waals surface area contributed by atoms with Crippen LogP contribution in [0.4, 0.5) is 0 Å². The summed E-state index contributed by atoms with van der Waals surface area (Å²) in [5, 5.41) is 0. The van der Waals surface area contributed by atoms with Gasteiger partial charge >= 0.3 is 0 Å². The van der Waals surface area contributed by atoms with Crippen molar-refractivity contribution in [3.63, 3.8) is 0 Å². The topological polar surface area (TPSA) is 26.0 Å². The molecule has 0 aliphatic rings. The zero-order chi connectivity index (χ0) is 15.2. The average molecular weight is 370 g/mol. The van der Waals surface area contributed by atoms with Gasteiger partial charge in [0.15, 0.2) is 0 Å². The fourth-order valence-electron chi connectivity index (χ4n) is 2.90. The second kappa shape index (κ2) is 15.6. The number of hydrogen-bond donors (Lipinski definition) is 1. The van der Waals surface area contributed by atoms with E-state index in [1.807, 2.05) is 0 Å². The van der Waals surface area contributed by atoms with Crippen LogP contribution in [0.2, 0.25) is 0 Å². The van der Waals surface area contributed by atoms with Gasteiger partial charge in [-0.3, -0.25) is 0 Å². The van der Waals surface area contributed by atoms with E-state index in [0.29, 0.717) is 0 Å². The first-order valence-corrected chi connectivity index (χ1v) is 9.15. The van der Waals surface area contributed by atoms with Crippen molar-refractivity contribution in [2.24, 2.45) is 5.73 Å². The van der Waals surface area contributed by atoms with E-state index in [1.54, 1.807) is 0 Å². The van der Waals surface area contributed by atoms with Crippen LogP contribution in [0.5, 0.6) is 0 Å². The Morgan fingerprint density at radius 3 is 1.68 bits per heavy atom. The Bertz CT molecular complexity index is 326. The van der Waals surface area contributed by atoms with Crippen molar-refractivity contribution in [2.75, 3.05) is 0 Å². The molecule has 128 valence electrons. The van der Waals surface area contributed by atoms with Gasteiger partial charge in [0.1, 0.15) is 0 Å². The van der Waals surface area contributed by atoms with E-state index in [1.165, 1.54) is 76.2 Å². The molecule has 1 rings (SSSR count). The molecule has 0 radical (unpaired) electrons. The molecule has 0 heterocycles. The van der Waals surface area contributed by atoms with Crippen molar-refractivity contribution < 1.29 is 0 Å². The summed E-state index contributed by atoms with van der Waals surface area (Å²) in [5.41, 5.74) is 7.50. The highest BCUT2D eigenvalue weighted by molar-refractivity contribution is 8.93. The molecular formula is C20H36BrN. The van der Waals surface area contributed by atoms with Gasteiger partial charge in [-0.15, -0.1) is 17.0 Å². The Morgan fingerprint density at radius 1 is 0.727 bits per heavy atom. The van der Waals surface area contributed by atoms with Crippen LogP contribution in [-0.2, 0) is 0 Å². The SMILES string of the molecule is Br.CCCCCCCCCCCCCC(N)c1ccccc1. The molecule has 0 saturated carbocycles. The van der Waals surface area contributed by atoms with Gasteiger partial charge in [-0.05, 0) is 12.0 Å².